The van der Waals surface area contributed by atoms with Gasteiger partial charge in [0.05, 0.1) is 27.5 Å². The number of amides is 1. The summed E-state index contributed by atoms with van der Waals surface area (Å²) in [4.78, 5) is 29.1. The van der Waals surface area contributed by atoms with Gasteiger partial charge in [-0.3, -0.25) is 4.79 Å². The van der Waals surface area contributed by atoms with Crippen LogP contribution in [-0.2, 0) is 4.84 Å². The van der Waals surface area contributed by atoms with Crippen molar-refractivity contribution in [1.82, 2.24) is 0 Å². The van der Waals surface area contributed by atoms with Crippen molar-refractivity contribution < 1.29 is 14.4 Å². The van der Waals surface area contributed by atoms with Crippen LogP contribution in [0.4, 0.5) is 11.4 Å². The molecule has 3 rings (SSSR count). The molecule has 28 heavy (non-hydrogen) atoms. The molecule has 0 saturated carbocycles. The van der Waals surface area contributed by atoms with Gasteiger partial charge < -0.3 is 4.84 Å². The zero-order chi connectivity index (χ0) is 19.9. The largest absolute Gasteiger partial charge is 0.362 e. The highest BCUT2D eigenvalue weighted by Crippen LogP contribution is 2.20. The van der Waals surface area contributed by atoms with E-state index in [4.69, 9.17) is 16.4 Å². The molecule has 7 heteroatoms. The van der Waals surface area contributed by atoms with E-state index in [1.54, 1.807) is 66.7 Å². The number of hydrogen-bond acceptors (Lipinski definition) is 5. The maximum Gasteiger partial charge on any atom is 0.362 e. The third-order valence-corrected chi connectivity index (χ3v) is 4.07. The number of azo groups is 1. The van der Waals surface area contributed by atoms with Crippen LogP contribution >= 0.6 is 11.6 Å². The van der Waals surface area contributed by atoms with Gasteiger partial charge >= 0.3 is 5.97 Å². The van der Waals surface area contributed by atoms with E-state index >= 15 is 0 Å². The Morgan fingerprint density at radius 1 is 0.964 bits per heavy atom. The zero-order valence-electron chi connectivity index (χ0n) is 14.9. The molecule has 0 unspecified atom stereocenters. The van der Waals surface area contributed by atoms with Crippen LogP contribution in [-0.4, -0.2) is 11.9 Å². The van der Waals surface area contributed by atoms with Gasteiger partial charge in [-0.05, 0) is 55.5 Å². The third kappa shape index (κ3) is 5.02. The first-order chi connectivity index (χ1) is 13.5. The Morgan fingerprint density at radius 3 is 2.43 bits per heavy atom. The summed E-state index contributed by atoms with van der Waals surface area (Å²) in [6, 6.07) is 20.3. The van der Waals surface area contributed by atoms with Crippen LogP contribution in [0, 0.1) is 6.92 Å². The molecule has 0 heterocycles. The third-order valence-electron chi connectivity index (χ3n) is 3.74. The number of hydrogen-bond donors (Lipinski definition) is 1. The van der Waals surface area contributed by atoms with Crippen LogP contribution in [0.2, 0.25) is 5.02 Å². The van der Waals surface area contributed by atoms with Gasteiger partial charge in [0.25, 0.3) is 5.91 Å². The van der Waals surface area contributed by atoms with E-state index in [2.05, 4.69) is 15.7 Å². The molecular weight excluding hydrogens is 378 g/mol. The van der Waals surface area contributed by atoms with Crippen LogP contribution < -0.4 is 5.48 Å². The number of anilines is 1. The fraction of sp³-hybridized carbons (Fsp3) is 0.0476. The lowest BCUT2D eigenvalue weighted by Crippen LogP contribution is -2.10. The first kappa shape index (κ1) is 19.3. The lowest BCUT2D eigenvalue weighted by atomic mass is 10.1. The minimum absolute atomic E-state index is 0.286. The monoisotopic (exact) mass is 393 g/mol. The second-order valence-corrected chi connectivity index (χ2v) is 6.30. The molecule has 0 aromatic heterocycles. The zero-order valence-corrected chi connectivity index (χ0v) is 15.7. The molecule has 0 bridgehead atoms. The van der Waals surface area contributed by atoms with Crippen molar-refractivity contribution >= 4 is 34.9 Å². The molecule has 0 fully saturated rings. The normalized spacial score (nSPS) is 10.6. The van der Waals surface area contributed by atoms with Crippen molar-refractivity contribution in [2.45, 2.75) is 6.92 Å². The Labute approximate surface area is 166 Å². The highest BCUT2D eigenvalue weighted by molar-refractivity contribution is 6.33. The van der Waals surface area contributed by atoms with E-state index in [9.17, 15) is 9.59 Å². The molecule has 0 radical (unpaired) electrons. The number of halogens is 1. The van der Waals surface area contributed by atoms with Crippen LogP contribution in [0.15, 0.2) is 83.0 Å². The maximum atomic E-state index is 12.0. The summed E-state index contributed by atoms with van der Waals surface area (Å²) in [6.07, 6.45) is 0. The van der Waals surface area contributed by atoms with Crippen LogP contribution in [0.25, 0.3) is 0 Å². The molecule has 6 nitrogen and oxygen atoms in total. The number of nitrogens with one attached hydrogen (secondary N) is 1. The molecule has 0 saturated heterocycles. The predicted molar refractivity (Wildman–Crippen MR) is 107 cm³/mol. The van der Waals surface area contributed by atoms with Crippen molar-refractivity contribution in [2.75, 3.05) is 5.48 Å². The molecule has 1 amide bonds. The summed E-state index contributed by atoms with van der Waals surface area (Å²) in [5.74, 6) is -1.02. The van der Waals surface area contributed by atoms with E-state index in [0.29, 0.717) is 22.0 Å². The number of aryl methyl sites for hydroxylation is 1. The van der Waals surface area contributed by atoms with Gasteiger partial charge in [-0.1, -0.05) is 41.4 Å². The van der Waals surface area contributed by atoms with E-state index in [1.165, 1.54) is 0 Å². The molecule has 0 aliphatic carbocycles. The van der Waals surface area contributed by atoms with Crippen molar-refractivity contribution in [3.63, 3.8) is 0 Å². The smallest absolute Gasteiger partial charge is 0.338 e. The van der Waals surface area contributed by atoms with Crippen LogP contribution in [0.5, 0.6) is 0 Å². The summed E-state index contributed by atoms with van der Waals surface area (Å²) in [5.41, 5.74) is 5.31. The van der Waals surface area contributed by atoms with Crippen molar-refractivity contribution in [3.8, 4) is 0 Å². The van der Waals surface area contributed by atoms with Crippen molar-refractivity contribution in [3.05, 3.63) is 94.5 Å². The summed E-state index contributed by atoms with van der Waals surface area (Å²) >= 11 is 5.96. The quantitative estimate of drug-likeness (QED) is 0.441. The molecule has 0 aliphatic heterocycles. The topological polar surface area (TPSA) is 80.1 Å². The maximum absolute atomic E-state index is 12.0. The Kier molecular flexibility index (Phi) is 6.14. The Hall–Kier alpha value is -3.51. The summed E-state index contributed by atoms with van der Waals surface area (Å²) in [5, 5.41) is 7.89. The average molecular weight is 394 g/mol. The number of carbonyl (C=O) groups excluding carboxylic acids is 2. The van der Waals surface area contributed by atoms with Gasteiger partial charge in [0.2, 0.25) is 0 Å². The van der Waals surface area contributed by atoms with Gasteiger partial charge in [0, 0.05) is 0 Å². The first-order valence-corrected chi connectivity index (χ1v) is 8.75. The van der Waals surface area contributed by atoms with Gasteiger partial charge in [-0.2, -0.15) is 0 Å². The van der Waals surface area contributed by atoms with Gasteiger partial charge in [-0.25, -0.2) is 10.3 Å². The fourth-order valence-corrected chi connectivity index (χ4v) is 2.54. The van der Waals surface area contributed by atoms with Gasteiger partial charge in [-0.15, -0.1) is 10.2 Å². The van der Waals surface area contributed by atoms with E-state index in [-0.39, 0.29) is 5.56 Å². The lowest BCUT2D eigenvalue weighted by molar-refractivity contribution is 0.0596. The minimum atomic E-state index is -0.528. The minimum Gasteiger partial charge on any atom is -0.338 e. The van der Waals surface area contributed by atoms with Crippen LogP contribution in [0.3, 0.4) is 0 Å². The Balaban J connectivity index is 1.58. The number of rotatable bonds is 5. The van der Waals surface area contributed by atoms with E-state index in [0.717, 1.165) is 5.56 Å². The summed E-state index contributed by atoms with van der Waals surface area (Å²) < 4.78 is 0. The number of nitrogens with zero attached hydrogens (tertiary/aromatic N) is 2. The SMILES string of the molecule is Cc1cccc(C(=O)ONc2ccc(N=NC(=O)c3ccccc3Cl)cc2)c1. The second kappa shape index (κ2) is 8.92. The van der Waals surface area contributed by atoms with Gasteiger partial charge in [0.1, 0.15) is 0 Å². The highest BCUT2D eigenvalue weighted by atomic mass is 35.5. The Bertz CT molecular complexity index is 1030. The summed E-state index contributed by atoms with van der Waals surface area (Å²) in [7, 11) is 0. The van der Waals surface area contributed by atoms with Crippen molar-refractivity contribution in [1.29, 1.82) is 0 Å². The molecule has 3 aromatic carbocycles. The first-order valence-electron chi connectivity index (χ1n) is 8.37. The molecule has 1 N–H and O–H groups in total. The fourth-order valence-electron chi connectivity index (χ4n) is 2.32. The van der Waals surface area contributed by atoms with E-state index < -0.39 is 11.9 Å². The molecule has 0 spiro atoms. The van der Waals surface area contributed by atoms with Gasteiger partial charge in [0.15, 0.2) is 0 Å². The average Bonchev–Trinajstić information content (AvgIpc) is 2.71. The molecule has 3 aromatic rings. The molecule has 0 atom stereocenters. The second-order valence-electron chi connectivity index (χ2n) is 5.89. The summed E-state index contributed by atoms with van der Waals surface area (Å²) in [6.45, 7) is 1.90. The predicted octanol–water partition coefficient (Wildman–Crippen LogP) is 5.76. The Morgan fingerprint density at radius 2 is 1.71 bits per heavy atom. The standard InChI is InChI=1S/C21H16ClN3O3/c1-14-5-4-6-15(13-14)21(27)28-25-17-11-9-16(10-12-17)23-24-20(26)18-7-2-3-8-19(18)22/h2-13,25H,1H3. The molecule has 0 aliphatic rings. The number of benzene rings is 3. The van der Waals surface area contributed by atoms with E-state index in [1.807, 2.05) is 13.0 Å². The lowest BCUT2D eigenvalue weighted by Gasteiger charge is -2.07. The molecular formula is C21H16ClN3O3. The highest BCUT2D eigenvalue weighted by Gasteiger charge is 2.09. The number of carbonyl (C=O) groups is 2. The van der Waals surface area contributed by atoms with Crippen molar-refractivity contribution in [2.24, 2.45) is 10.2 Å². The molecule has 140 valence electrons. The van der Waals surface area contributed by atoms with Crippen LogP contribution in [0.1, 0.15) is 26.3 Å².